The minimum absolute atomic E-state index is 0.143. The first-order chi connectivity index (χ1) is 17.3. The number of anilines is 1. The predicted octanol–water partition coefficient (Wildman–Crippen LogP) is 5.44. The van der Waals surface area contributed by atoms with Gasteiger partial charge in [0.2, 0.25) is 10.0 Å². The lowest BCUT2D eigenvalue weighted by Gasteiger charge is -2.46. The van der Waals surface area contributed by atoms with E-state index in [4.69, 9.17) is 4.74 Å². The lowest BCUT2D eigenvalue weighted by molar-refractivity contribution is 0.228. The molecule has 3 aromatic carbocycles. The van der Waals surface area contributed by atoms with E-state index in [2.05, 4.69) is 47.9 Å². The Morgan fingerprint density at radius 1 is 1.00 bits per heavy atom. The summed E-state index contributed by atoms with van der Waals surface area (Å²) < 4.78 is 35.3. The van der Waals surface area contributed by atoms with E-state index >= 15 is 0 Å². The molecule has 1 saturated carbocycles. The molecule has 186 valence electrons. The maximum Gasteiger partial charge on any atom is 0.243 e. The molecule has 6 rings (SSSR count). The van der Waals surface area contributed by atoms with Gasteiger partial charge in [0.1, 0.15) is 5.75 Å². The molecule has 0 amide bonds. The summed E-state index contributed by atoms with van der Waals surface area (Å²) in [6.45, 7) is 7.65. The molecule has 3 aliphatic rings. The van der Waals surface area contributed by atoms with Crippen LogP contribution in [0.3, 0.4) is 0 Å². The van der Waals surface area contributed by atoms with E-state index in [1.54, 1.807) is 23.5 Å². The quantitative estimate of drug-likeness (QED) is 0.438. The minimum Gasteiger partial charge on any atom is -0.497 e. The highest BCUT2D eigenvalue weighted by Gasteiger charge is 2.63. The summed E-state index contributed by atoms with van der Waals surface area (Å²) in [5.74, 6) is 0.812. The Morgan fingerprint density at radius 2 is 1.72 bits per heavy atom. The van der Waals surface area contributed by atoms with E-state index in [9.17, 15) is 8.42 Å². The molecule has 2 fully saturated rings. The third kappa shape index (κ3) is 3.42. The molecule has 1 aliphatic carbocycles. The highest BCUT2D eigenvalue weighted by Crippen LogP contribution is 2.60. The van der Waals surface area contributed by atoms with Crippen molar-refractivity contribution in [3.05, 3.63) is 102 Å². The van der Waals surface area contributed by atoms with Crippen molar-refractivity contribution in [1.82, 2.24) is 4.31 Å². The number of sulfonamides is 1. The Hall–Kier alpha value is -3.09. The Bertz CT molecular complexity index is 1420. The molecule has 36 heavy (non-hydrogen) atoms. The SMILES string of the molecule is C=C1C[C@@H]2N(Cc3ccccc3)c3ccc(OC)cc3[C@@]23CCN(S(=O)(=O)c2ccc(C)cc2)[C@@H]3C1. The summed E-state index contributed by atoms with van der Waals surface area (Å²) >= 11 is 0. The maximum atomic E-state index is 14.0. The first-order valence-electron chi connectivity index (χ1n) is 12.6. The summed E-state index contributed by atoms with van der Waals surface area (Å²) in [4.78, 5) is 2.85. The van der Waals surface area contributed by atoms with Gasteiger partial charge in [-0.05, 0) is 67.6 Å². The van der Waals surface area contributed by atoms with E-state index < -0.39 is 10.0 Å². The summed E-state index contributed by atoms with van der Waals surface area (Å²) in [5.41, 5.74) is 5.49. The molecule has 1 spiro atoms. The van der Waals surface area contributed by atoms with Gasteiger partial charge in [0, 0.05) is 36.3 Å². The second-order valence-corrected chi connectivity index (χ2v) is 12.3. The first kappa shape index (κ1) is 23.3. The van der Waals surface area contributed by atoms with Crippen molar-refractivity contribution in [1.29, 1.82) is 0 Å². The molecule has 0 aromatic heterocycles. The van der Waals surface area contributed by atoms with Crippen LogP contribution in [-0.2, 0) is 22.0 Å². The number of ether oxygens (including phenoxy) is 1. The number of hydrogen-bond acceptors (Lipinski definition) is 4. The van der Waals surface area contributed by atoms with E-state index in [1.165, 1.54) is 16.8 Å². The van der Waals surface area contributed by atoms with Crippen molar-refractivity contribution < 1.29 is 13.2 Å². The van der Waals surface area contributed by atoms with E-state index in [0.717, 1.165) is 36.3 Å². The van der Waals surface area contributed by atoms with Crippen LogP contribution >= 0.6 is 0 Å². The molecule has 3 atom stereocenters. The molecule has 2 aliphatic heterocycles. The van der Waals surface area contributed by atoms with Crippen LogP contribution in [-0.4, -0.2) is 38.5 Å². The monoisotopic (exact) mass is 500 g/mol. The molecular formula is C30H32N2O3S. The zero-order valence-electron chi connectivity index (χ0n) is 20.9. The lowest BCUT2D eigenvalue weighted by Crippen LogP contribution is -2.56. The van der Waals surface area contributed by atoms with Gasteiger partial charge in [0.15, 0.2) is 0 Å². The highest BCUT2D eigenvalue weighted by atomic mass is 32.2. The number of aryl methyl sites for hydroxylation is 1. The number of fused-ring (bicyclic) bond motifs is 1. The van der Waals surface area contributed by atoms with E-state index in [1.807, 2.05) is 31.2 Å². The van der Waals surface area contributed by atoms with Crippen LogP contribution in [0.5, 0.6) is 5.75 Å². The van der Waals surface area contributed by atoms with Crippen LogP contribution in [0.25, 0.3) is 0 Å². The Morgan fingerprint density at radius 3 is 2.44 bits per heavy atom. The molecule has 6 heteroatoms. The van der Waals surface area contributed by atoms with Gasteiger partial charge >= 0.3 is 0 Å². The standard InChI is InChI=1S/C30H32N2O3S/c1-21-9-12-25(13-10-21)36(33,34)32-16-15-30-26-19-24(35-3)11-14-27(26)31(20-23-7-5-4-6-8-23)28(30)17-22(2)18-29(30)32/h4-14,19,28-29H,2,15-18,20H2,1,3H3/t28-,29+,30-/m0/s1. The van der Waals surface area contributed by atoms with Crippen molar-refractivity contribution in [3.8, 4) is 5.75 Å². The van der Waals surface area contributed by atoms with Gasteiger partial charge in [0.05, 0.1) is 12.0 Å². The highest BCUT2D eigenvalue weighted by molar-refractivity contribution is 7.89. The van der Waals surface area contributed by atoms with Gasteiger partial charge in [-0.2, -0.15) is 4.31 Å². The number of methoxy groups -OCH3 is 1. The van der Waals surface area contributed by atoms with Crippen LogP contribution in [0.15, 0.2) is 89.8 Å². The molecule has 2 heterocycles. The number of benzene rings is 3. The van der Waals surface area contributed by atoms with Crippen LogP contribution in [0, 0.1) is 6.92 Å². The fraction of sp³-hybridized carbons (Fsp3) is 0.333. The maximum absolute atomic E-state index is 14.0. The number of hydrogen-bond donors (Lipinski definition) is 0. The molecule has 0 N–H and O–H groups in total. The lowest BCUT2D eigenvalue weighted by atomic mass is 9.64. The average Bonchev–Trinajstić information content (AvgIpc) is 3.39. The van der Waals surface area contributed by atoms with Crippen molar-refractivity contribution in [2.75, 3.05) is 18.6 Å². The Labute approximate surface area is 214 Å². The molecule has 0 radical (unpaired) electrons. The van der Waals surface area contributed by atoms with Gasteiger partial charge < -0.3 is 9.64 Å². The topological polar surface area (TPSA) is 49.9 Å². The number of nitrogens with zero attached hydrogens (tertiary/aromatic N) is 2. The van der Waals surface area contributed by atoms with Gasteiger partial charge in [-0.1, -0.05) is 60.2 Å². The molecule has 0 bridgehead atoms. The smallest absolute Gasteiger partial charge is 0.243 e. The predicted molar refractivity (Wildman–Crippen MR) is 143 cm³/mol. The van der Waals surface area contributed by atoms with Crippen LogP contribution in [0.2, 0.25) is 0 Å². The summed E-state index contributed by atoms with van der Waals surface area (Å²) in [5, 5.41) is 0. The summed E-state index contributed by atoms with van der Waals surface area (Å²) in [7, 11) is -1.95. The van der Waals surface area contributed by atoms with E-state index in [-0.39, 0.29) is 17.5 Å². The third-order valence-corrected chi connectivity index (χ3v) is 10.4. The second kappa shape index (κ2) is 8.49. The first-order valence-corrected chi connectivity index (χ1v) is 14.0. The molecular weight excluding hydrogens is 468 g/mol. The normalized spacial score (nSPS) is 25.4. The van der Waals surface area contributed by atoms with Crippen molar-refractivity contribution >= 4 is 15.7 Å². The van der Waals surface area contributed by atoms with Crippen molar-refractivity contribution in [3.63, 3.8) is 0 Å². The average molecular weight is 501 g/mol. The summed E-state index contributed by atoms with van der Waals surface area (Å²) in [6.07, 6.45) is 2.32. The molecule has 5 nitrogen and oxygen atoms in total. The third-order valence-electron chi connectivity index (χ3n) is 8.46. The van der Waals surface area contributed by atoms with Crippen molar-refractivity contribution in [2.24, 2.45) is 0 Å². The van der Waals surface area contributed by atoms with E-state index in [0.29, 0.717) is 17.9 Å². The Kier molecular flexibility index (Phi) is 5.50. The molecule has 1 saturated heterocycles. The van der Waals surface area contributed by atoms with Gasteiger partial charge in [-0.15, -0.1) is 0 Å². The number of rotatable bonds is 5. The largest absolute Gasteiger partial charge is 0.497 e. The van der Waals surface area contributed by atoms with Crippen LogP contribution < -0.4 is 9.64 Å². The van der Waals surface area contributed by atoms with Gasteiger partial charge in [0.25, 0.3) is 0 Å². The van der Waals surface area contributed by atoms with Gasteiger partial charge in [-0.3, -0.25) is 0 Å². The fourth-order valence-corrected chi connectivity index (χ4v) is 8.46. The Balaban J connectivity index is 1.48. The minimum atomic E-state index is -3.65. The van der Waals surface area contributed by atoms with Crippen LogP contribution in [0.4, 0.5) is 5.69 Å². The fourth-order valence-electron chi connectivity index (χ4n) is 6.78. The van der Waals surface area contributed by atoms with Crippen molar-refractivity contribution in [2.45, 2.75) is 55.1 Å². The van der Waals surface area contributed by atoms with Gasteiger partial charge in [-0.25, -0.2) is 8.42 Å². The molecule has 3 aromatic rings. The van der Waals surface area contributed by atoms with Crippen LogP contribution in [0.1, 0.15) is 36.0 Å². The zero-order valence-corrected chi connectivity index (χ0v) is 21.7. The zero-order chi connectivity index (χ0) is 25.1. The summed E-state index contributed by atoms with van der Waals surface area (Å²) in [6, 6.07) is 24.0. The second-order valence-electron chi connectivity index (χ2n) is 10.4. The molecule has 0 unspecified atom stereocenters.